The number of nitriles is 1. The van der Waals surface area contributed by atoms with Crippen molar-refractivity contribution in [1.82, 2.24) is 19.7 Å². The highest BCUT2D eigenvalue weighted by Crippen LogP contribution is 2.31. The molecule has 2 aromatic heterocycles. The van der Waals surface area contributed by atoms with Gasteiger partial charge in [-0.05, 0) is 48.7 Å². The Bertz CT molecular complexity index is 1210. The van der Waals surface area contributed by atoms with Crippen molar-refractivity contribution in [3.05, 3.63) is 64.2 Å². The van der Waals surface area contributed by atoms with Crippen molar-refractivity contribution in [1.29, 1.82) is 5.26 Å². The molecular formula is C23H24N6O. The molecule has 7 heteroatoms. The summed E-state index contributed by atoms with van der Waals surface area (Å²) in [5.74, 6) is 0. The normalized spacial score (nSPS) is 19.8. The first-order valence-electron chi connectivity index (χ1n) is 10.4. The number of H-pyrrole nitrogens is 1. The second kappa shape index (κ2) is 7.47. The van der Waals surface area contributed by atoms with Gasteiger partial charge in [-0.3, -0.25) is 14.4 Å². The lowest BCUT2D eigenvalue weighted by Crippen LogP contribution is -2.49. The Morgan fingerprint density at radius 3 is 2.67 bits per heavy atom. The molecule has 0 spiro atoms. The molecule has 1 N–H and O–H groups in total. The minimum absolute atomic E-state index is 0.0732. The third kappa shape index (κ3) is 3.29. The summed E-state index contributed by atoms with van der Waals surface area (Å²) in [6, 6.07) is 12.5. The number of hydrogen-bond donors (Lipinski definition) is 1. The Morgan fingerprint density at radius 2 is 1.93 bits per heavy atom. The van der Waals surface area contributed by atoms with Crippen LogP contribution in [0.4, 0.5) is 5.69 Å². The van der Waals surface area contributed by atoms with Crippen molar-refractivity contribution in [2.45, 2.75) is 18.9 Å². The minimum Gasteiger partial charge on any atom is -0.369 e. The molecule has 1 atom stereocenters. The zero-order valence-corrected chi connectivity index (χ0v) is 17.0. The van der Waals surface area contributed by atoms with Crippen molar-refractivity contribution < 1.29 is 0 Å². The van der Waals surface area contributed by atoms with Crippen LogP contribution >= 0.6 is 0 Å². The van der Waals surface area contributed by atoms with Gasteiger partial charge in [0.25, 0.3) is 5.56 Å². The van der Waals surface area contributed by atoms with Gasteiger partial charge in [0.05, 0.1) is 28.7 Å². The molecule has 152 valence electrons. The van der Waals surface area contributed by atoms with Crippen molar-refractivity contribution >= 4 is 22.2 Å². The first-order chi connectivity index (χ1) is 14.6. The fourth-order valence-electron chi connectivity index (χ4n) is 4.60. The third-order valence-corrected chi connectivity index (χ3v) is 6.35. The highest BCUT2D eigenvalue weighted by Gasteiger charge is 2.27. The maximum absolute atomic E-state index is 12.4. The van der Waals surface area contributed by atoms with Crippen LogP contribution in [0, 0.1) is 11.3 Å². The predicted molar refractivity (Wildman–Crippen MR) is 117 cm³/mol. The van der Waals surface area contributed by atoms with E-state index in [9.17, 15) is 4.79 Å². The molecule has 30 heavy (non-hydrogen) atoms. The molecule has 0 amide bonds. The molecule has 0 bridgehead atoms. The summed E-state index contributed by atoms with van der Waals surface area (Å²) < 4.78 is 1.75. The van der Waals surface area contributed by atoms with E-state index in [-0.39, 0.29) is 5.56 Å². The van der Waals surface area contributed by atoms with E-state index in [0.29, 0.717) is 17.0 Å². The monoisotopic (exact) mass is 400 g/mol. The van der Waals surface area contributed by atoms with Crippen molar-refractivity contribution in [2.24, 2.45) is 7.05 Å². The molecule has 2 aliphatic rings. The van der Waals surface area contributed by atoms with Crippen LogP contribution in [0.15, 0.2) is 47.4 Å². The van der Waals surface area contributed by atoms with E-state index >= 15 is 0 Å². The fourth-order valence-corrected chi connectivity index (χ4v) is 4.60. The van der Waals surface area contributed by atoms with Crippen LogP contribution in [0.5, 0.6) is 0 Å². The molecule has 0 radical (unpaired) electrons. The van der Waals surface area contributed by atoms with E-state index in [1.54, 1.807) is 10.9 Å². The van der Waals surface area contributed by atoms with Crippen LogP contribution in [0.1, 0.15) is 24.1 Å². The van der Waals surface area contributed by atoms with Gasteiger partial charge in [0.1, 0.15) is 0 Å². The number of nitrogens with zero attached hydrogens (tertiary/aromatic N) is 5. The number of rotatable bonds is 3. The maximum Gasteiger partial charge on any atom is 0.259 e. The van der Waals surface area contributed by atoms with Gasteiger partial charge in [0.15, 0.2) is 0 Å². The molecule has 5 rings (SSSR count). The van der Waals surface area contributed by atoms with Crippen LogP contribution in [0.2, 0.25) is 0 Å². The molecule has 0 unspecified atom stereocenters. The highest BCUT2D eigenvalue weighted by molar-refractivity contribution is 5.81. The van der Waals surface area contributed by atoms with Crippen molar-refractivity contribution in [2.75, 3.05) is 31.1 Å². The number of aromatic amines is 1. The average molecular weight is 400 g/mol. The molecule has 7 nitrogen and oxygen atoms in total. The first kappa shape index (κ1) is 18.6. The van der Waals surface area contributed by atoms with Gasteiger partial charge in [-0.2, -0.15) is 10.4 Å². The maximum atomic E-state index is 12.4. The van der Waals surface area contributed by atoms with Gasteiger partial charge in [0.2, 0.25) is 0 Å². The smallest absolute Gasteiger partial charge is 0.259 e. The molecule has 1 aliphatic heterocycles. The number of pyridine rings is 1. The van der Waals surface area contributed by atoms with Crippen LogP contribution in [-0.4, -0.2) is 51.9 Å². The van der Waals surface area contributed by atoms with E-state index in [0.717, 1.165) is 50.2 Å². The van der Waals surface area contributed by atoms with Crippen LogP contribution < -0.4 is 10.5 Å². The fraction of sp³-hybridized carbons (Fsp3) is 0.348. The molecule has 1 saturated heterocycles. The Hall–Kier alpha value is -3.37. The molecule has 3 aromatic rings. The lowest BCUT2D eigenvalue weighted by Gasteiger charge is -2.38. The third-order valence-electron chi connectivity index (χ3n) is 6.35. The Labute approximate surface area is 174 Å². The number of piperazine rings is 1. The molecular weight excluding hydrogens is 376 g/mol. The Kier molecular flexibility index (Phi) is 4.64. The summed E-state index contributed by atoms with van der Waals surface area (Å²) in [7, 11) is 1.87. The summed E-state index contributed by atoms with van der Waals surface area (Å²) in [4.78, 5) is 20.3. The molecule has 1 fully saturated rings. The van der Waals surface area contributed by atoms with Crippen LogP contribution in [0.25, 0.3) is 16.5 Å². The molecule has 1 aromatic carbocycles. The predicted octanol–water partition coefficient (Wildman–Crippen LogP) is 2.50. The highest BCUT2D eigenvalue weighted by atomic mass is 16.1. The van der Waals surface area contributed by atoms with E-state index in [4.69, 9.17) is 5.26 Å². The lowest BCUT2D eigenvalue weighted by molar-refractivity contribution is 0.214. The number of anilines is 1. The number of allylic oxidation sites excluding steroid dienone is 1. The molecule has 3 heterocycles. The Morgan fingerprint density at radius 1 is 1.17 bits per heavy atom. The number of nitrogens with one attached hydrogen (secondary N) is 1. The van der Waals surface area contributed by atoms with Gasteiger partial charge in [-0.25, -0.2) is 0 Å². The van der Waals surface area contributed by atoms with Crippen LogP contribution in [-0.2, 0) is 7.05 Å². The molecule has 0 saturated carbocycles. The second-order valence-electron chi connectivity index (χ2n) is 8.06. The minimum atomic E-state index is -0.0732. The zero-order valence-electron chi connectivity index (χ0n) is 17.0. The largest absolute Gasteiger partial charge is 0.369 e. The Balaban J connectivity index is 1.28. The van der Waals surface area contributed by atoms with Gasteiger partial charge in [0, 0.05) is 50.6 Å². The van der Waals surface area contributed by atoms with Crippen LogP contribution in [0.3, 0.4) is 0 Å². The first-order valence-corrected chi connectivity index (χ1v) is 10.4. The van der Waals surface area contributed by atoms with Gasteiger partial charge in [-0.1, -0.05) is 6.08 Å². The number of benzene rings is 1. The summed E-state index contributed by atoms with van der Waals surface area (Å²) >= 11 is 0. The topological polar surface area (TPSA) is 81.0 Å². The summed E-state index contributed by atoms with van der Waals surface area (Å²) in [6.45, 7) is 3.96. The van der Waals surface area contributed by atoms with Gasteiger partial charge in [-0.15, -0.1) is 0 Å². The second-order valence-corrected chi connectivity index (χ2v) is 8.06. The molecule has 1 aliphatic carbocycles. The van der Waals surface area contributed by atoms with E-state index < -0.39 is 0 Å². The van der Waals surface area contributed by atoms with E-state index in [1.165, 1.54) is 11.3 Å². The average Bonchev–Trinajstić information content (AvgIpc) is 3.42. The number of fused-ring (bicyclic) bond motifs is 1. The van der Waals surface area contributed by atoms with Crippen molar-refractivity contribution in [3.8, 4) is 6.07 Å². The van der Waals surface area contributed by atoms with Gasteiger partial charge < -0.3 is 9.88 Å². The SMILES string of the molecule is Cn1ncc2c(=O)[nH]c(C3=C[C@H](N4CCN(c5ccc(C#N)cc5)CC4)CC3)cc21. The summed E-state index contributed by atoms with van der Waals surface area (Å²) in [5, 5.41) is 13.8. The van der Waals surface area contributed by atoms with Crippen molar-refractivity contribution in [3.63, 3.8) is 0 Å². The number of aromatic nitrogens is 3. The van der Waals surface area contributed by atoms with Gasteiger partial charge >= 0.3 is 0 Å². The quantitative estimate of drug-likeness (QED) is 0.731. The van der Waals surface area contributed by atoms with E-state index in [1.807, 2.05) is 37.4 Å². The number of hydrogen-bond acceptors (Lipinski definition) is 5. The van der Waals surface area contributed by atoms with E-state index in [2.05, 4.69) is 32.0 Å². The lowest BCUT2D eigenvalue weighted by atomic mass is 10.1. The number of aryl methyl sites for hydroxylation is 1. The zero-order chi connectivity index (χ0) is 20.7. The standard InChI is InChI=1S/C23H24N6O/c1-27-22-13-21(26-23(30)20(22)15-25-27)17-4-7-19(12-17)29-10-8-28(9-11-29)18-5-2-16(14-24)3-6-18/h2-3,5-6,12-13,15,19H,4,7-11H2,1H3,(H,26,30)/t19-/m1/s1. The summed E-state index contributed by atoms with van der Waals surface area (Å²) in [5.41, 5.74) is 4.80. The summed E-state index contributed by atoms with van der Waals surface area (Å²) in [6.07, 6.45) is 6.00.